The molecule has 2 aromatic rings. The molecule has 1 aromatic carbocycles. The molecule has 0 atom stereocenters. The van der Waals surface area contributed by atoms with Crippen LogP contribution in [0.2, 0.25) is 0 Å². The number of ether oxygens (including phenoxy) is 1. The molecule has 0 radical (unpaired) electrons. The van der Waals surface area contributed by atoms with Crippen molar-refractivity contribution in [3.8, 4) is 11.8 Å². The van der Waals surface area contributed by atoms with Gasteiger partial charge in [0.2, 0.25) is 0 Å². The van der Waals surface area contributed by atoms with Gasteiger partial charge in [-0.3, -0.25) is 0 Å². The first-order valence-corrected chi connectivity index (χ1v) is 4.73. The van der Waals surface area contributed by atoms with Gasteiger partial charge < -0.3 is 10.5 Å². The Labute approximate surface area is 91.9 Å². The van der Waals surface area contributed by atoms with Crippen molar-refractivity contribution in [2.45, 2.75) is 6.54 Å². The molecule has 0 saturated heterocycles. The molecule has 1 heterocycles. The van der Waals surface area contributed by atoms with Crippen molar-refractivity contribution in [3.63, 3.8) is 0 Å². The molecule has 0 aliphatic heterocycles. The minimum atomic E-state index is -0.316. The van der Waals surface area contributed by atoms with Gasteiger partial charge in [-0.15, -0.1) is 0 Å². The Morgan fingerprint density at radius 2 is 1.94 bits per heavy atom. The van der Waals surface area contributed by atoms with E-state index >= 15 is 0 Å². The van der Waals surface area contributed by atoms with Gasteiger partial charge in [-0.05, 0) is 30.3 Å². The van der Waals surface area contributed by atoms with E-state index in [1.165, 1.54) is 24.3 Å². The molecule has 0 bridgehead atoms. The molecule has 4 nitrogen and oxygen atoms in total. The number of aromatic nitrogens is 2. The first-order chi connectivity index (χ1) is 7.78. The zero-order valence-electron chi connectivity index (χ0n) is 8.43. The summed E-state index contributed by atoms with van der Waals surface area (Å²) in [6.45, 7) is 0.322. The Morgan fingerprint density at radius 1 is 1.19 bits per heavy atom. The number of hydrogen-bond donors (Lipinski definition) is 1. The van der Waals surface area contributed by atoms with Crippen LogP contribution in [0.1, 0.15) is 5.69 Å². The highest BCUT2D eigenvalue weighted by molar-refractivity contribution is 5.25. The fraction of sp³-hybridized carbons (Fsp3) is 0.0909. The molecule has 0 saturated carbocycles. The summed E-state index contributed by atoms with van der Waals surface area (Å²) >= 11 is 0. The van der Waals surface area contributed by atoms with Crippen LogP contribution < -0.4 is 10.5 Å². The molecule has 0 aliphatic carbocycles. The summed E-state index contributed by atoms with van der Waals surface area (Å²) in [7, 11) is 0. The second-order valence-electron chi connectivity index (χ2n) is 3.09. The number of rotatable bonds is 3. The molecule has 1 aromatic heterocycles. The molecule has 0 aliphatic rings. The zero-order valence-corrected chi connectivity index (χ0v) is 8.43. The third kappa shape index (κ3) is 2.52. The van der Waals surface area contributed by atoms with Gasteiger partial charge in [-0.2, -0.15) is 4.98 Å². The molecular formula is C11H10FN3O. The number of hydrogen-bond acceptors (Lipinski definition) is 4. The van der Waals surface area contributed by atoms with Crippen molar-refractivity contribution in [1.82, 2.24) is 9.97 Å². The van der Waals surface area contributed by atoms with E-state index in [1.807, 2.05) is 0 Å². The summed E-state index contributed by atoms with van der Waals surface area (Å²) in [5.74, 6) is 0.166. The smallest absolute Gasteiger partial charge is 0.322 e. The zero-order chi connectivity index (χ0) is 11.4. The van der Waals surface area contributed by atoms with E-state index < -0.39 is 0 Å². The molecule has 0 fully saturated rings. The van der Waals surface area contributed by atoms with E-state index in [-0.39, 0.29) is 11.8 Å². The van der Waals surface area contributed by atoms with E-state index in [0.717, 1.165) is 0 Å². The van der Waals surface area contributed by atoms with Crippen molar-refractivity contribution in [2.24, 2.45) is 5.73 Å². The number of nitrogens with zero attached hydrogens (tertiary/aromatic N) is 2. The predicted molar refractivity (Wildman–Crippen MR) is 56.4 cm³/mol. The molecule has 0 spiro atoms. The molecule has 5 heteroatoms. The SMILES string of the molecule is NCc1ccnc(Oc2ccc(F)cc2)n1. The second-order valence-corrected chi connectivity index (χ2v) is 3.09. The molecule has 2 N–H and O–H groups in total. The summed E-state index contributed by atoms with van der Waals surface area (Å²) in [5, 5.41) is 0. The van der Waals surface area contributed by atoms with Gasteiger partial charge in [0.1, 0.15) is 11.6 Å². The Bertz CT molecular complexity index is 473. The highest BCUT2D eigenvalue weighted by atomic mass is 19.1. The molecule has 2 rings (SSSR count). The van der Waals surface area contributed by atoms with Crippen molar-refractivity contribution >= 4 is 0 Å². The van der Waals surface area contributed by atoms with Crippen molar-refractivity contribution in [2.75, 3.05) is 0 Å². The summed E-state index contributed by atoms with van der Waals surface area (Å²) in [4.78, 5) is 7.98. The van der Waals surface area contributed by atoms with Gasteiger partial charge in [-0.25, -0.2) is 9.37 Å². The lowest BCUT2D eigenvalue weighted by molar-refractivity contribution is 0.438. The molecule has 0 amide bonds. The monoisotopic (exact) mass is 219 g/mol. The fourth-order valence-electron chi connectivity index (χ4n) is 1.15. The third-order valence-electron chi connectivity index (χ3n) is 1.92. The van der Waals surface area contributed by atoms with Crippen LogP contribution >= 0.6 is 0 Å². The molecule has 82 valence electrons. The predicted octanol–water partition coefficient (Wildman–Crippen LogP) is 1.87. The van der Waals surface area contributed by atoms with Crippen molar-refractivity contribution < 1.29 is 9.13 Å². The largest absolute Gasteiger partial charge is 0.424 e. The van der Waals surface area contributed by atoms with E-state index in [2.05, 4.69) is 9.97 Å². The quantitative estimate of drug-likeness (QED) is 0.855. The summed E-state index contributed by atoms with van der Waals surface area (Å²) in [5.41, 5.74) is 6.12. The minimum Gasteiger partial charge on any atom is -0.424 e. The Morgan fingerprint density at radius 3 is 2.62 bits per heavy atom. The van der Waals surface area contributed by atoms with E-state index in [9.17, 15) is 4.39 Å². The van der Waals surface area contributed by atoms with Crippen LogP contribution in [0, 0.1) is 5.82 Å². The maximum absolute atomic E-state index is 12.6. The van der Waals surface area contributed by atoms with E-state index in [1.54, 1.807) is 12.3 Å². The van der Waals surface area contributed by atoms with Crippen LogP contribution in [0.3, 0.4) is 0 Å². The standard InChI is InChI=1S/C11H10FN3O/c12-8-1-3-10(4-2-8)16-11-14-6-5-9(7-13)15-11/h1-6H,7,13H2. The summed E-state index contributed by atoms with van der Waals surface area (Å²) in [6.07, 6.45) is 1.56. The van der Waals surface area contributed by atoms with Crippen LogP contribution in [0.4, 0.5) is 4.39 Å². The average Bonchev–Trinajstić information content (AvgIpc) is 2.32. The highest BCUT2D eigenvalue weighted by Crippen LogP contribution is 2.17. The minimum absolute atomic E-state index is 0.203. The van der Waals surface area contributed by atoms with Crippen molar-refractivity contribution in [3.05, 3.63) is 48.0 Å². The average molecular weight is 219 g/mol. The van der Waals surface area contributed by atoms with Gasteiger partial charge in [0.15, 0.2) is 0 Å². The van der Waals surface area contributed by atoms with Crippen LogP contribution in [0.25, 0.3) is 0 Å². The summed E-state index contributed by atoms with van der Waals surface area (Å²) < 4.78 is 18.0. The third-order valence-corrected chi connectivity index (χ3v) is 1.92. The van der Waals surface area contributed by atoms with Gasteiger partial charge in [0, 0.05) is 12.7 Å². The van der Waals surface area contributed by atoms with Gasteiger partial charge >= 0.3 is 6.01 Å². The second kappa shape index (κ2) is 4.67. The Balaban J connectivity index is 2.16. The van der Waals surface area contributed by atoms with Crippen LogP contribution in [0.15, 0.2) is 36.5 Å². The topological polar surface area (TPSA) is 61.0 Å². The number of halogens is 1. The molecular weight excluding hydrogens is 209 g/mol. The summed E-state index contributed by atoms with van der Waals surface area (Å²) in [6, 6.07) is 7.54. The van der Waals surface area contributed by atoms with Crippen molar-refractivity contribution in [1.29, 1.82) is 0 Å². The molecule has 16 heavy (non-hydrogen) atoms. The lowest BCUT2D eigenvalue weighted by atomic mass is 10.3. The van der Waals surface area contributed by atoms with Crippen LogP contribution in [-0.2, 0) is 6.54 Å². The number of nitrogens with two attached hydrogens (primary N) is 1. The van der Waals surface area contributed by atoms with E-state index in [0.29, 0.717) is 18.0 Å². The molecule has 0 unspecified atom stereocenters. The van der Waals surface area contributed by atoms with Gasteiger partial charge in [0.25, 0.3) is 0 Å². The maximum Gasteiger partial charge on any atom is 0.322 e. The van der Waals surface area contributed by atoms with Crippen LogP contribution in [0.5, 0.6) is 11.8 Å². The highest BCUT2D eigenvalue weighted by Gasteiger charge is 2.01. The Kier molecular flexibility index (Phi) is 3.07. The van der Waals surface area contributed by atoms with Gasteiger partial charge in [-0.1, -0.05) is 0 Å². The maximum atomic E-state index is 12.6. The first kappa shape index (κ1) is 10.5. The Hall–Kier alpha value is -2.01. The number of benzene rings is 1. The normalized spacial score (nSPS) is 10.1. The van der Waals surface area contributed by atoms with Gasteiger partial charge in [0.05, 0.1) is 5.69 Å². The lowest BCUT2D eigenvalue weighted by Crippen LogP contribution is -2.01. The van der Waals surface area contributed by atoms with Crippen LogP contribution in [-0.4, -0.2) is 9.97 Å². The first-order valence-electron chi connectivity index (χ1n) is 4.73. The lowest BCUT2D eigenvalue weighted by Gasteiger charge is -2.04. The van der Waals surface area contributed by atoms with E-state index in [4.69, 9.17) is 10.5 Å². The fourth-order valence-corrected chi connectivity index (χ4v) is 1.15.